The van der Waals surface area contributed by atoms with Gasteiger partial charge in [0, 0.05) is 11.1 Å². The molecule has 3 aromatic carbocycles. The molecule has 4 heteroatoms. The van der Waals surface area contributed by atoms with Gasteiger partial charge in [-0.15, -0.1) is 0 Å². The minimum Gasteiger partial charge on any atom is -0.289 e. The first-order valence-electron chi connectivity index (χ1n) is 7.19. The number of nitrogens with zero attached hydrogens (tertiary/aromatic N) is 1. The van der Waals surface area contributed by atoms with E-state index >= 15 is 0 Å². The van der Waals surface area contributed by atoms with Gasteiger partial charge in [0.25, 0.3) is 0 Å². The molecule has 116 valence electrons. The lowest BCUT2D eigenvalue weighted by Gasteiger charge is -2.06. The van der Waals surface area contributed by atoms with E-state index in [9.17, 15) is 4.79 Å². The van der Waals surface area contributed by atoms with Gasteiger partial charge < -0.3 is 0 Å². The molecule has 0 radical (unpaired) electrons. The van der Waals surface area contributed by atoms with Crippen molar-refractivity contribution in [3.63, 3.8) is 0 Å². The van der Waals surface area contributed by atoms with Crippen LogP contribution >= 0.6 is 23.2 Å². The van der Waals surface area contributed by atoms with Crippen molar-refractivity contribution in [2.75, 3.05) is 0 Å². The standard InChI is InChI=1S/C20H11Cl2NO/c21-18-10-16(11-19(22)17(18)12-23)20(24)15-8-6-14(7-9-15)13-4-2-1-3-5-13/h1-11H. The smallest absolute Gasteiger partial charge is 0.193 e. The molecule has 0 aliphatic heterocycles. The number of ketones is 1. The second-order valence-electron chi connectivity index (χ2n) is 5.20. The van der Waals surface area contributed by atoms with Crippen molar-refractivity contribution in [3.05, 3.63) is 93.5 Å². The van der Waals surface area contributed by atoms with E-state index in [0.717, 1.165) is 11.1 Å². The van der Waals surface area contributed by atoms with Crippen LogP contribution in [0.4, 0.5) is 0 Å². The quantitative estimate of drug-likeness (QED) is 0.562. The number of hydrogen-bond acceptors (Lipinski definition) is 2. The first-order chi connectivity index (χ1) is 11.6. The summed E-state index contributed by atoms with van der Waals surface area (Å²) in [6, 6.07) is 22.1. The second-order valence-corrected chi connectivity index (χ2v) is 6.01. The van der Waals surface area contributed by atoms with Crippen LogP contribution in [0.3, 0.4) is 0 Å². The summed E-state index contributed by atoms with van der Waals surface area (Å²) in [6.07, 6.45) is 0. The van der Waals surface area contributed by atoms with Crippen LogP contribution in [0.5, 0.6) is 0 Å². The fourth-order valence-corrected chi connectivity index (χ4v) is 2.99. The summed E-state index contributed by atoms with van der Waals surface area (Å²) < 4.78 is 0. The van der Waals surface area contributed by atoms with E-state index in [0.29, 0.717) is 11.1 Å². The van der Waals surface area contributed by atoms with Crippen LogP contribution in [0.1, 0.15) is 21.5 Å². The molecule has 24 heavy (non-hydrogen) atoms. The van der Waals surface area contributed by atoms with Gasteiger partial charge in [0.05, 0.1) is 15.6 Å². The van der Waals surface area contributed by atoms with E-state index in [1.54, 1.807) is 12.1 Å². The highest BCUT2D eigenvalue weighted by Gasteiger charge is 2.14. The fraction of sp³-hybridized carbons (Fsp3) is 0. The summed E-state index contributed by atoms with van der Waals surface area (Å²) in [6.45, 7) is 0. The van der Waals surface area contributed by atoms with Crippen molar-refractivity contribution in [1.82, 2.24) is 0 Å². The zero-order chi connectivity index (χ0) is 17.1. The molecule has 0 bridgehead atoms. The predicted octanol–water partition coefficient (Wildman–Crippen LogP) is 5.76. The van der Waals surface area contributed by atoms with Crippen LogP contribution in [-0.4, -0.2) is 5.78 Å². The Morgan fingerprint density at radius 2 is 1.33 bits per heavy atom. The number of carbonyl (C=O) groups is 1. The molecule has 0 atom stereocenters. The SMILES string of the molecule is N#Cc1c(Cl)cc(C(=O)c2ccc(-c3ccccc3)cc2)cc1Cl. The van der Waals surface area contributed by atoms with Gasteiger partial charge in [0.15, 0.2) is 5.78 Å². The number of benzene rings is 3. The van der Waals surface area contributed by atoms with Crippen LogP contribution in [0.2, 0.25) is 10.0 Å². The first-order valence-corrected chi connectivity index (χ1v) is 7.95. The molecule has 0 unspecified atom stereocenters. The largest absolute Gasteiger partial charge is 0.289 e. The highest BCUT2D eigenvalue weighted by Crippen LogP contribution is 2.27. The van der Waals surface area contributed by atoms with Crippen LogP contribution in [0, 0.1) is 11.3 Å². The molecule has 0 aliphatic carbocycles. The molecule has 0 spiro atoms. The van der Waals surface area contributed by atoms with Crippen LogP contribution in [0.25, 0.3) is 11.1 Å². The lowest BCUT2D eigenvalue weighted by Crippen LogP contribution is -2.02. The predicted molar refractivity (Wildman–Crippen MR) is 96.5 cm³/mol. The molecular weight excluding hydrogens is 341 g/mol. The summed E-state index contributed by atoms with van der Waals surface area (Å²) in [5.74, 6) is -0.192. The van der Waals surface area contributed by atoms with E-state index in [-0.39, 0.29) is 21.4 Å². The Bertz CT molecular complexity index is 919. The van der Waals surface area contributed by atoms with Crippen LogP contribution < -0.4 is 0 Å². The van der Waals surface area contributed by atoms with E-state index < -0.39 is 0 Å². The normalized spacial score (nSPS) is 10.2. The second kappa shape index (κ2) is 6.88. The third kappa shape index (κ3) is 3.19. The maximum Gasteiger partial charge on any atom is 0.193 e. The van der Waals surface area contributed by atoms with Crippen molar-refractivity contribution in [3.8, 4) is 17.2 Å². The van der Waals surface area contributed by atoms with E-state index in [4.69, 9.17) is 28.5 Å². The van der Waals surface area contributed by atoms with Crippen LogP contribution in [0.15, 0.2) is 66.7 Å². The van der Waals surface area contributed by atoms with E-state index in [1.165, 1.54) is 12.1 Å². The molecule has 0 amide bonds. The number of halogens is 2. The van der Waals surface area contributed by atoms with Gasteiger partial charge in [-0.1, -0.05) is 77.8 Å². The average molecular weight is 352 g/mol. The average Bonchev–Trinajstić information content (AvgIpc) is 2.62. The summed E-state index contributed by atoms with van der Waals surface area (Å²) in [5, 5.41) is 9.33. The number of rotatable bonds is 3. The minimum atomic E-state index is -0.192. The molecule has 0 aliphatic rings. The van der Waals surface area contributed by atoms with E-state index in [2.05, 4.69) is 0 Å². The Morgan fingerprint density at radius 1 is 0.792 bits per heavy atom. The lowest BCUT2D eigenvalue weighted by molar-refractivity contribution is 0.103. The molecule has 0 saturated carbocycles. The lowest BCUT2D eigenvalue weighted by atomic mass is 9.99. The third-order valence-corrected chi connectivity index (χ3v) is 4.27. The van der Waals surface area contributed by atoms with Gasteiger partial charge in [0.1, 0.15) is 6.07 Å². The Kier molecular flexibility index (Phi) is 4.66. The van der Waals surface area contributed by atoms with Crippen molar-refractivity contribution in [1.29, 1.82) is 5.26 Å². The number of hydrogen-bond donors (Lipinski definition) is 0. The summed E-state index contributed by atoms with van der Waals surface area (Å²) in [4.78, 5) is 12.6. The molecule has 0 aromatic heterocycles. The van der Waals surface area contributed by atoms with Crippen molar-refractivity contribution < 1.29 is 4.79 Å². The summed E-state index contributed by atoms with van der Waals surface area (Å²) >= 11 is 12.0. The molecule has 0 heterocycles. The topological polar surface area (TPSA) is 40.9 Å². The van der Waals surface area contributed by atoms with Crippen LogP contribution in [-0.2, 0) is 0 Å². The molecule has 0 fully saturated rings. The maximum atomic E-state index is 12.6. The highest BCUT2D eigenvalue weighted by molar-refractivity contribution is 6.37. The minimum absolute atomic E-state index is 0.175. The zero-order valence-electron chi connectivity index (χ0n) is 12.5. The van der Waals surface area contributed by atoms with Gasteiger partial charge in [-0.05, 0) is 23.3 Å². The van der Waals surface area contributed by atoms with Gasteiger partial charge in [-0.2, -0.15) is 5.26 Å². The van der Waals surface area contributed by atoms with Gasteiger partial charge in [-0.25, -0.2) is 0 Å². The van der Waals surface area contributed by atoms with Crippen molar-refractivity contribution in [2.45, 2.75) is 0 Å². The molecule has 0 N–H and O–H groups in total. The molecule has 3 rings (SSSR count). The van der Waals surface area contributed by atoms with Crippen molar-refractivity contribution >= 4 is 29.0 Å². The summed E-state index contributed by atoms with van der Waals surface area (Å²) in [5.41, 5.74) is 3.18. The monoisotopic (exact) mass is 351 g/mol. The van der Waals surface area contributed by atoms with Gasteiger partial charge in [-0.3, -0.25) is 4.79 Å². The Balaban J connectivity index is 1.93. The third-order valence-electron chi connectivity index (χ3n) is 3.67. The Labute approximate surface area is 149 Å². The fourth-order valence-electron chi connectivity index (χ4n) is 2.42. The Hall–Kier alpha value is -2.60. The zero-order valence-corrected chi connectivity index (χ0v) is 14.0. The number of nitriles is 1. The molecule has 0 saturated heterocycles. The molecular formula is C20H11Cl2NO. The van der Waals surface area contributed by atoms with Gasteiger partial charge >= 0.3 is 0 Å². The number of carbonyl (C=O) groups excluding carboxylic acids is 1. The Morgan fingerprint density at radius 3 is 1.88 bits per heavy atom. The van der Waals surface area contributed by atoms with Crippen molar-refractivity contribution in [2.24, 2.45) is 0 Å². The first kappa shape index (κ1) is 16.3. The highest BCUT2D eigenvalue weighted by atomic mass is 35.5. The summed E-state index contributed by atoms with van der Waals surface area (Å²) in [7, 11) is 0. The molecule has 3 aromatic rings. The van der Waals surface area contributed by atoms with Gasteiger partial charge in [0.2, 0.25) is 0 Å². The maximum absolute atomic E-state index is 12.6. The molecule has 2 nitrogen and oxygen atoms in total. The van der Waals surface area contributed by atoms with E-state index in [1.807, 2.05) is 48.5 Å².